The van der Waals surface area contributed by atoms with Crippen LogP contribution in [0.2, 0.25) is 0 Å². The summed E-state index contributed by atoms with van der Waals surface area (Å²) in [5.41, 5.74) is 0. The van der Waals surface area contributed by atoms with Gasteiger partial charge in [0.2, 0.25) is 0 Å². The number of thiol groups is 1. The van der Waals surface area contributed by atoms with Crippen LogP contribution in [-0.2, 0) is 4.74 Å². The summed E-state index contributed by atoms with van der Waals surface area (Å²) in [5, 5.41) is 21.9. The molecule has 9 aliphatic carbocycles. The molecule has 372 valence electrons. The van der Waals surface area contributed by atoms with Gasteiger partial charge in [-0.05, 0) is 193 Å². The van der Waals surface area contributed by atoms with Crippen LogP contribution in [0.25, 0.3) is 0 Å². The fourth-order valence-electron chi connectivity index (χ4n) is 22.9. The standard InChI is InChI=1S/C60H95N5OS/c61-34-38-31-47-53(33-52(38)64-49-24-8-4-19-40(49)41-20-5-9-25-50(41)64)65-51-29-28-44-42-21-6-10-26-54(42)66-59(44)56(51)45-23-13-22-43(58(45)65)46-32-48(62-60(63-57(46)47)35-14-2-1-3-15-35)37-17-12-16-36(30-37)39-18-7-11-27-55(39)67/h35-60,62-63,67H,1-33H2. The van der Waals surface area contributed by atoms with E-state index < -0.39 is 0 Å². The van der Waals surface area contributed by atoms with Gasteiger partial charge in [-0.3, -0.25) is 20.4 Å². The highest BCUT2D eigenvalue weighted by molar-refractivity contribution is 7.81. The van der Waals surface area contributed by atoms with Gasteiger partial charge < -0.3 is 4.74 Å². The summed E-state index contributed by atoms with van der Waals surface area (Å²) in [6, 6.07) is 8.36. The van der Waals surface area contributed by atoms with Crippen molar-refractivity contribution >= 4 is 12.6 Å². The van der Waals surface area contributed by atoms with Crippen LogP contribution < -0.4 is 10.6 Å². The maximum atomic E-state index is 11.7. The molecule has 0 aromatic carbocycles. The molecule has 25 unspecified atom stereocenters. The van der Waals surface area contributed by atoms with E-state index in [-0.39, 0.29) is 5.92 Å². The Kier molecular flexibility index (Phi) is 12.7. The van der Waals surface area contributed by atoms with Crippen molar-refractivity contribution in [1.82, 2.24) is 20.4 Å². The van der Waals surface area contributed by atoms with Crippen molar-refractivity contribution < 1.29 is 4.74 Å². The molecule has 0 amide bonds. The fourth-order valence-corrected chi connectivity index (χ4v) is 23.5. The van der Waals surface area contributed by atoms with E-state index in [0.29, 0.717) is 65.7 Å². The molecule has 67 heavy (non-hydrogen) atoms. The average molecular weight is 935 g/mol. The van der Waals surface area contributed by atoms with Crippen LogP contribution in [0.3, 0.4) is 0 Å². The Morgan fingerprint density at radius 2 is 1.09 bits per heavy atom. The van der Waals surface area contributed by atoms with Crippen LogP contribution in [-0.4, -0.2) is 81.8 Å². The van der Waals surface area contributed by atoms with E-state index in [4.69, 9.17) is 28.0 Å². The maximum Gasteiger partial charge on any atom is 0.0672 e. The molecule has 25 atom stereocenters. The zero-order valence-electron chi connectivity index (χ0n) is 42.0. The summed E-state index contributed by atoms with van der Waals surface area (Å²) < 4.78 is 7.57. The van der Waals surface area contributed by atoms with E-state index in [1.165, 1.54) is 205 Å². The highest BCUT2D eigenvalue weighted by Gasteiger charge is 2.68. The molecule has 5 aliphatic heterocycles. The lowest BCUT2D eigenvalue weighted by Gasteiger charge is -2.53. The van der Waals surface area contributed by atoms with Gasteiger partial charge in [0.15, 0.2) is 0 Å². The van der Waals surface area contributed by atoms with Crippen molar-refractivity contribution in [2.75, 3.05) is 0 Å². The normalized spacial score (nSPS) is 55.7. The number of hydrogen-bond acceptors (Lipinski definition) is 7. The third kappa shape index (κ3) is 7.63. The quantitative estimate of drug-likeness (QED) is 0.244. The minimum Gasteiger partial charge on any atom is -0.374 e. The Bertz CT molecular complexity index is 1760. The van der Waals surface area contributed by atoms with Crippen molar-refractivity contribution in [3.05, 3.63) is 0 Å². The molecule has 0 aromatic heterocycles. The molecule has 14 fully saturated rings. The molecule has 5 heterocycles. The second kappa shape index (κ2) is 18.8. The highest BCUT2D eigenvalue weighted by atomic mass is 32.1. The van der Waals surface area contributed by atoms with E-state index in [1.54, 1.807) is 0 Å². The van der Waals surface area contributed by atoms with Gasteiger partial charge in [-0.25, -0.2) is 0 Å². The molecule has 2 N–H and O–H groups in total. The van der Waals surface area contributed by atoms with Gasteiger partial charge in [0, 0.05) is 59.5 Å². The van der Waals surface area contributed by atoms with E-state index in [1.807, 2.05) is 0 Å². The smallest absolute Gasteiger partial charge is 0.0672 e. The second-order valence-electron chi connectivity index (χ2n) is 27.6. The molecular weight excluding hydrogens is 839 g/mol. The summed E-state index contributed by atoms with van der Waals surface area (Å²) in [7, 11) is 0. The number of rotatable bonds is 4. The monoisotopic (exact) mass is 934 g/mol. The van der Waals surface area contributed by atoms with Crippen molar-refractivity contribution in [2.24, 2.45) is 82.9 Å². The molecule has 9 saturated carbocycles. The Hall–Kier alpha value is -0.360. The predicted octanol–water partition coefficient (Wildman–Crippen LogP) is 12.3. The molecule has 0 radical (unpaired) electrons. The van der Waals surface area contributed by atoms with Gasteiger partial charge in [-0.2, -0.15) is 17.9 Å². The lowest BCUT2D eigenvalue weighted by molar-refractivity contribution is -0.0613. The number of nitrogens with one attached hydrogen (secondary N) is 2. The molecule has 0 spiro atoms. The van der Waals surface area contributed by atoms with Gasteiger partial charge in [0.25, 0.3) is 0 Å². The van der Waals surface area contributed by atoms with Crippen LogP contribution in [0, 0.1) is 94.2 Å². The van der Waals surface area contributed by atoms with Crippen molar-refractivity contribution in [2.45, 2.75) is 284 Å². The molecule has 0 aromatic rings. The van der Waals surface area contributed by atoms with Crippen LogP contribution in [0.15, 0.2) is 0 Å². The predicted molar refractivity (Wildman–Crippen MR) is 272 cm³/mol. The minimum absolute atomic E-state index is 0.169. The second-order valence-corrected chi connectivity index (χ2v) is 28.3. The van der Waals surface area contributed by atoms with Crippen LogP contribution in [0.1, 0.15) is 212 Å². The van der Waals surface area contributed by atoms with Crippen molar-refractivity contribution in [3.8, 4) is 6.07 Å². The number of hydrogen-bond donors (Lipinski definition) is 3. The zero-order chi connectivity index (χ0) is 44.3. The van der Waals surface area contributed by atoms with Gasteiger partial charge in [0.05, 0.1) is 30.4 Å². The van der Waals surface area contributed by atoms with E-state index in [0.717, 1.165) is 89.6 Å². The first-order valence-electron chi connectivity index (χ1n) is 30.9. The van der Waals surface area contributed by atoms with E-state index in [9.17, 15) is 5.26 Å². The largest absolute Gasteiger partial charge is 0.374 e. The van der Waals surface area contributed by atoms with Gasteiger partial charge in [-0.1, -0.05) is 89.9 Å². The van der Waals surface area contributed by atoms with Gasteiger partial charge in [0.1, 0.15) is 0 Å². The topological polar surface area (TPSA) is 63.6 Å². The van der Waals surface area contributed by atoms with E-state index in [2.05, 4.69) is 15.9 Å². The number of nitriles is 1. The molecule has 0 bridgehead atoms. The maximum absolute atomic E-state index is 11.7. The molecular formula is C60H95N5OS. The van der Waals surface area contributed by atoms with Crippen molar-refractivity contribution in [3.63, 3.8) is 0 Å². The molecule has 5 saturated heterocycles. The average Bonchev–Trinajstić information content (AvgIpc) is 3.96. The SMILES string of the molecule is N#CC1CC2C3NC(C4CCCCC4)NC(C4CCCC(C5CCCCC5S)C4)CC3C3CCCC4C5C6OC7CCCCC7C6CCC5N(C2CC1N1C2CCCCC2C2CCCCC21)C34. The lowest BCUT2D eigenvalue weighted by Crippen LogP contribution is -2.63. The Labute approximate surface area is 413 Å². The lowest BCUT2D eigenvalue weighted by atomic mass is 9.60. The first-order chi connectivity index (χ1) is 33.1. The van der Waals surface area contributed by atoms with Crippen LogP contribution >= 0.6 is 12.6 Å². The van der Waals surface area contributed by atoms with Gasteiger partial charge >= 0.3 is 0 Å². The summed E-state index contributed by atoms with van der Waals surface area (Å²) in [4.78, 5) is 6.68. The van der Waals surface area contributed by atoms with E-state index >= 15 is 0 Å². The molecule has 6 nitrogen and oxygen atoms in total. The number of nitrogens with zero attached hydrogens (tertiary/aromatic N) is 3. The first kappa shape index (κ1) is 45.3. The Morgan fingerprint density at radius 3 is 1.88 bits per heavy atom. The summed E-state index contributed by atoms with van der Waals surface area (Å²) in [5.74, 6) is 10.5. The number of ether oxygens (including phenoxy) is 1. The number of likely N-dealkylation sites (tertiary alicyclic amines) is 1. The molecule has 14 rings (SSSR count). The molecule has 7 heteroatoms. The first-order valence-corrected chi connectivity index (χ1v) is 31.4. The fraction of sp³-hybridized carbons (Fsp3) is 0.983. The zero-order valence-corrected chi connectivity index (χ0v) is 42.9. The summed E-state index contributed by atoms with van der Waals surface area (Å²) in [6.07, 6.45) is 48.1. The van der Waals surface area contributed by atoms with Gasteiger partial charge in [-0.15, -0.1) is 0 Å². The van der Waals surface area contributed by atoms with Crippen molar-refractivity contribution in [1.29, 1.82) is 5.26 Å². The van der Waals surface area contributed by atoms with Crippen LogP contribution in [0.5, 0.6) is 0 Å². The summed E-state index contributed by atoms with van der Waals surface area (Å²) in [6.45, 7) is 0. The Balaban J connectivity index is 0.860. The molecule has 14 aliphatic rings. The number of fused-ring (bicyclic) bond motifs is 15. The Morgan fingerprint density at radius 1 is 0.433 bits per heavy atom. The highest BCUT2D eigenvalue weighted by Crippen LogP contribution is 2.64. The minimum atomic E-state index is 0.169. The van der Waals surface area contributed by atoms with Crippen LogP contribution in [0.4, 0.5) is 0 Å². The third-order valence-electron chi connectivity index (χ3n) is 25.2. The third-order valence-corrected chi connectivity index (χ3v) is 25.9. The summed E-state index contributed by atoms with van der Waals surface area (Å²) >= 11 is 5.33.